The van der Waals surface area contributed by atoms with Crippen molar-refractivity contribution in [1.29, 1.82) is 0 Å². The summed E-state index contributed by atoms with van der Waals surface area (Å²) in [4.78, 5) is 34.6. The Morgan fingerprint density at radius 1 is 0.911 bits per heavy atom. The molecule has 1 aliphatic heterocycles. The first-order chi connectivity index (χ1) is 22.0. The van der Waals surface area contributed by atoms with Crippen LogP contribution in [0.25, 0.3) is 22.0 Å². The van der Waals surface area contributed by atoms with E-state index in [0.717, 1.165) is 43.6 Å². The highest BCUT2D eigenvalue weighted by Gasteiger charge is 2.31. The maximum atomic E-state index is 14.0. The van der Waals surface area contributed by atoms with Crippen molar-refractivity contribution in [3.05, 3.63) is 135 Å². The third kappa shape index (κ3) is 5.74. The average molecular weight is 619 g/mol. The molecular formula is C37H35ClN4O3. The van der Waals surface area contributed by atoms with E-state index < -0.39 is 12.1 Å². The number of piperidine rings is 1. The zero-order valence-electron chi connectivity index (χ0n) is 25.2. The number of nitrogens with one attached hydrogen (secondary N) is 1. The molecule has 8 heteroatoms. The van der Waals surface area contributed by atoms with Crippen LogP contribution >= 0.6 is 11.6 Å². The van der Waals surface area contributed by atoms with Crippen LogP contribution in [0.4, 0.5) is 4.79 Å². The Labute approximate surface area is 267 Å². The second kappa shape index (κ2) is 12.5. The van der Waals surface area contributed by atoms with Gasteiger partial charge in [0.1, 0.15) is 12.4 Å². The van der Waals surface area contributed by atoms with E-state index in [1.54, 1.807) is 22.8 Å². The minimum atomic E-state index is -0.570. The van der Waals surface area contributed by atoms with Gasteiger partial charge in [-0.15, -0.1) is 0 Å². The fraction of sp³-hybridized carbons (Fsp3) is 0.270. The molecule has 1 fully saturated rings. The van der Waals surface area contributed by atoms with Gasteiger partial charge in [-0.05, 0) is 59.7 Å². The normalized spacial score (nSPS) is 15.9. The first kappa shape index (κ1) is 29.3. The Bertz CT molecular complexity index is 1870. The summed E-state index contributed by atoms with van der Waals surface area (Å²) in [6.45, 7) is 4.62. The lowest BCUT2D eigenvalue weighted by atomic mass is 9.98. The van der Waals surface area contributed by atoms with Crippen LogP contribution in [0.1, 0.15) is 60.3 Å². The molecule has 1 N–H and O–H groups in total. The summed E-state index contributed by atoms with van der Waals surface area (Å²) in [7, 11) is 0. The monoisotopic (exact) mass is 618 g/mol. The van der Waals surface area contributed by atoms with Crippen LogP contribution in [0, 0.1) is 0 Å². The van der Waals surface area contributed by atoms with Gasteiger partial charge in [-0.1, -0.05) is 96.5 Å². The van der Waals surface area contributed by atoms with Crippen LogP contribution in [0.5, 0.6) is 0 Å². The maximum absolute atomic E-state index is 14.0. The molecular weight excluding hydrogens is 584 g/mol. The van der Waals surface area contributed by atoms with Crippen molar-refractivity contribution < 1.29 is 9.53 Å². The number of carbonyl (C=O) groups is 1. The molecule has 45 heavy (non-hydrogen) atoms. The molecule has 5 aromatic rings. The molecule has 2 heterocycles. The number of alkyl carbamates (subject to hydrolysis) is 1. The number of rotatable bonds is 7. The molecule has 0 unspecified atom stereocenters. The van der Waals surface area contributed by atoms with Crippen LogP contribution in [-0.4, -0.2) is 40.2 Å². The number of ether oxygens (including phenoxy) is 1. The molecule has 0 bridgehead atoms. The van der Waals surface area contributed by atoms with Gasteiger partial charge in [0.2, 0.25) is 0 Å². The molecule has 0 spiro atoms. The molecule has 1 aromatic heterocycles. The standard InChI is InChI=1S/C37H35ClN4O3/c1-24(39-37(44)45-23-31-29-14-7-5-12-27(29)28-13-6-8-15-30(28)31)35-40-33-17-9-16-32(38)34(33)36(43)42(35)26-18-20-41(21-19-26)22-25-10-3-2-4-11-25/h2-17,24,26,31H,18-23H2,1H3,(H,39,44)/t24-/m0/s1. The van der Waals surface area contributed by atoms with Gasteiger partial charge in [0.15, 0.2) is 0 Å². The van der Waals surface area contributed by atoms with Crippen molar-refractivity contribution in [2.45, 2.75) is 44.3 Å². The lowest BCUT2D eigenvalue weighted by Crippen LogP contribution is -2.40. The smallest absolute Gasteiger partial charge is 0.407 e. The van der Waals surface area contributed by atoms with Gasteiger partial charge < -0.3 is 10.1 Å². The van der Waals surface area contributed by atoms with Crippen LogP contribution in [0.15, 0.2) is 102 Å². The van der Waals surface area contributed by atoms with Gasteiger partial charge >= 0.3 is 6.09 Å². The Hall–Kier alpha value is -4.46. The van der Waals surface area contributed by atoms with Gasteiger partial charge in [-0.2, -0.15) is 0 Å². The molecule has 1 atom stereocenters. The van der Waals surface area contributed by atoms with E-state index in [9.17, 15) is 9.59 Å². The summed E-state index contributed by atoms with van der Waals surface area (Å²) < 4.78 is 7.60. The molecule has 1 aliphatic carbocycles. The third-order valence-corrected chi connectivity index (χ3v) is 9.46. The zero-order chi connectivity index (χ0) is 30.9. The Kier molecular flexibility index (Phi) is 8.13. The number of aromatic nitrogens is 2. The second-order valence-electron chi connectivity index (χ2n) is 12.0. The highest BCUT2D eigenvalue weighted by atomic mass is 35.5. The molecule has 2 aliphatic rings. The SMILES string of the molecule is C[C@H](NC(=O)OCC1c2ccccc2-c2ccccc21)c1nc2cccc(Cl)c2c(=O)n1C1CCN(Cc2ccccc2)CC1. The van der Waals surface area contributed by atoms with E-state index in [2.05, 4.69) is 58.7 Å². The number of halogens is 1. The number of benzene rings is 4. The minimum absolute atomic E-state index is 0.0429. The number of carbonyl (C=O) groups excluding carboxylic acids is 1. The molecule has 0 saturated carbocycles. The lowest BCUT2D eigenvalue weighted by molar-refractivity contribution is 0.138. The topological polar surface area (TPSA) is 76.5 Å². The van der Waals surface area contributed by atoms with Crippen molar-refractivity contribution in [2.24, 2.45) is 0 Å². The van der Waals surface area contributed by atoms with Crippen molar-refractivity contribution >= 4 is 28.6 Å². The summed E-state index contributed by atoms with van der Waals surface area (Å²) >= 11 is 6.53. The number of nitrogens with zero attached hydrogens (tertiary/aromatic N) is 3. The molecule has 7 rings (SSSR count). The van der Waals surface area contributed by atoms with E-state index >= 15 is 0 Å². The van der Waals surface area contributed by atoms with Gasteiger partial charge in [-0.3, -0.25) is 14.3 Å². The number of amides is 1. The quantitative estimate of drug-likeness (QED) is 0.205. The predicted octanol–water partition coefficient (Wildman–Crippen LogP) is 7.49. The lowest BCUT2D eigenvalue weighted by Gasteiger charge is -2.34. The first-order valence-corrected chi connectivity index (χ1v) is 15.9. The van der Waals surface area contributed by atoms with E-state index in [1.165, 1.54) is 16.7 Å². The molecule has 7 nitrogen and oxygen atoms in total. The summed E-state index contributed by atoms with van der Waals surface area (Å²) in [5.74, 6) is 0.462. The fourth-order valence-corrected chi connectivity index (χ4v) is 7.19. The van der Waals surface area contributed by atoms with Crippen molar-refractivity contribution in [3.63, 3.8) is 0 Å². The molecule has 4 aromatic carbocycles. The second-order valence-corrected chi connectivity index (χ2v) is 12.4. The van der Waals surface area contributed by atoms with Crippen LogP contribution in [0.2, 0.25) is 5.02 Å². The van der Waals surface area contributed by atoms with Gasteiger partial charge in [0, 0.05) is 31.6 Å². The summed E-state index contributed by atoms with van der Waals surface area (Å²) in [6.07, 6.45) is 1.03. The van der Waals surface area contributed by atoms with Crippen molar-refractivity contribution in [2.75, 3.05) is 19.7 Å². The first-order valence-electron chi connectivity index (χ1n) is 15.6. The minimum Gasteiger partial charge on any atom is -0.449 e. The maximum Gasteiger partial charge on any atom is 0.407 e. The Morgan fingerprint density at radius 2 is 1.56 bits per heavy atom. The average Bonchev–Trinajstić information content (AvgIpc) is 3.38. The van der Waals surface area contributed by atoms with Crippen LogP contribution < -0.4 is 10.9 Å². The molecule has 1 amide bonds. The molecule has 1 saturated heterocycles. The zero-order valence-corrected chi connectivity index (χ0v) is 25.9. The van der Waals surface area contributed by atoms with Crippen molar-refractivity contribution in [3.8, 4) is 11.1 Å². The molecule has 0 radical (unpaired) electrons. The largest absolute Gasteiger partial charge is 0.449 e. The number of likely N-dealkylation sites (tertiary alicyclic amines) is 1. The van der Waals surface area contributed by atoms with E-state index in [0.29, 0.717) is 21.7 Å². The highest BCUT2D eigenvalue weighted by Crippen LogP contribution is 2.44. The van der Waals surface area contributed by atoms with Crippen LogP contribution in [0.3, 0.4) is 0 Å². The summed E-state index contributed by atoms with van der Waals surface area (Å²) in [5, 5.41) is 3.75. The number of hydrogen-bond acceptors (Lipinski definition) is 5. The van der Waals surface area contributed by atoms with Crippen LogP contribution in [-0.2, 0) is 11.3 Å². The van der Waals surface area contributed by atoms with Gasteiger partial charge in [0.05, 0.1) is 22.0 Å². The molecule has 228 valence electrons. The number of fused-ring (bicyclic) bond motifs is 4. The van der Waals surface area contributed by atoms with Gasteiger partial charge in [0.25, 0.3) is 5.56 Å². The van der Waals surface area contributed by atoms with E-state index in [1.807, 2.05) is 37.3 Å². The fourth-order valence-electron chi connectivity index (χ4n) is 6.94. The van der Waals surface area contributed by atoms with E-state index in [4.69, 9.17) is 21.3 Å². The predicted molar refractivity (Wildman–Crippen MR) is 178 cm³/mol. The Balaban J connectivity index is 1.10. The highest BCUT2D eigenvalue weighted by molar-refractivity contribution is 6.35. The third-order valence-electron chi connectivity index (χ3n) is 9.14. The summed E-state index contributed by atoms with van der Waals surface area (Å²) in [6, 6.07) is 31.6. The number of hydrogen-bond donors (Lipinski definition) is 1. The van der Waals surface area contributed by atoms with Crippen molar-refractivity contribution in [1.82, 2.24) is 19.8 Å². The summed E-state index contributed by atoms with van der Waals surface area (Å²) in [5.41, 5.74) is 6.26. The van der Waals surface area contributed by atoms with Gasteiger partial charge in [-0.25, -0.2) is 9.78 Å². The van der Waals surface area contributed by atoms with E-state index in [-0.39, 0.29) is 24.1 Å². The Morgan fingerprint density at radius 3 is 2.24 bits per heavy atom.